The third kappa shape index (κ3) is 3.74. The van der Waals surface area contributed by atoms with E-state index < -0.39 is 0 Å². The largest absolute Gasteiger partial charge is 0.507 e. The molecule has 0 aliphatic rings. The molecule has 2 aromatic heterocycles. The van der Waals surface area contributed by atoms with E-state index in [4.69, 9.17) is 9.97 Å². The SMILES string of the molecule is Oc1ccccc1-c1cccc2sc(-c3nc4c(-c5ccccc5O)cccc4s3)nc12.[Pt]. The van der Waals surface area contributed by atoms with Crippen LogP contribution in [0.4, 0.5) is 0 Å². The molecule has 2 N–H and O–H groups in total. The summed E-state index contributed by atoms with van der Waals surface area (Å²) < 4.78 is 2.09. The number of nitrogens with zero attached hydrogens (tertiary/aromatic N) is 2. The number of aromatic hydroxyl groups is 2. The molecule has 0 unspecified atom stereocenters. The summed E-state index contributed by atoms with van der Waals surface area (Å²) in [5.41, 5.74) is 5.05. The number of rotatable bonds is 3. The molecule has 164 valence electrons. The molecule has 0 aliphatic heterocycles. The van der Waals surface area contributed by atoms with Crippen LogP contribution in [-0.2, 0) is 21.1 Å². The summed E-state index contributed by atoms with van der Waals surface area (Å²) >= 11 is 3.18. The van der Waals surface area contributed by atoms with Crippen molar-refractivity contribution in [3.05, 3.63) is 84.9 Å². The van der Waals surface area contributed by atoms with Crippen molar-refractivity contribution in [1.82, 2.24) is 9.97 Å². The predicted octanol–water partition coefficient (Wildman–Crippen LogP) is 7.32. The number of benzene rings is 4. The molecule has 0 saturated carbocycles. The first-order chi connectivity index (χ1) is 15.7. The summed E-state index contributed by atoms with van der Waals surface area (Å²) in [6.07, 6.45) is 0. The van der Waals surface area contributed by atoms with Gasteiger partial charge in [-0.1, -0.05) is 60.7 Å². The predicted molar refractivity (Wildman–Crippen MR) is 132 cm³/mol. The fourth-order valence-corrected chi connectivity index (χ4v) is 5.92. The van der Waals surface area contributed by atoms with Gasteiger partial charge in [0.1, 0.15) is 11.5 Å². The maximum atomic E-state index is 10.3. The molecule has 2 heterocycles. The zero-order valence-corrected chi connectivity index (χ0v) is 20.9. The minimum atomic E-state index is 0. The van der Waals surface area contributed by atoms with Crippen LogP contribution in [0.15, 0.2) is 84.9 Å². The second-order valence-corrected chi connectivity index (χ2v) is 9.44. The summed E-state index contributed by atoms with van der Waals surface area (Å²) in [7, 11) is 0. The smallest absolute Gasteiger partial charge is 0.153 e. The van der Waals surface area contributed by atoms with Gasteiger partial charge in [-0.25, -0.2) is 9.97 Å². The van der Waals surface area contributed by atoms with Crippen molar-refractivity contribution in [2.24, 2.45) is 0 Å². The average Bonchev–Trinajstić information content (AvgIpc) is 3.44. The van der Waals surface area contributed by atoms with Crippen LogP contribution in [0.5, 0.6) is 11.5 Å². The van der Waals surface area contributed by atoms with Gasteiger partial charge in [0.25, 0.3) is 0 Å². The first kappa shape index (κ1) is 21.8. The van der Waals surface area contributed by atoms with Crippen LogP contribution >= 0.6 is 22.7 Å². The van der Waals surface area contributed by atoms with Gasteiger partial charge < -0.3 is 10.2 Å². The van der Waals surface area contributed by atoms with E-state index in [2.05, 4.69) is 0 Å². The van der Waals surface area contributed by atoms with Crippen LogP contribution < -0.4 is 0 Å². The summed E-state index contributed by atoms with van der Waals surface area (Å²) in [5, 5.41) is 22.4. The van der Waals surface area contributed by atoms with E-state index in [-0.39, 0.29) is 32.6 Å². The quantitative estimate of drug-likeness (QED) is 0.211. The summed E-state index contributed by atoms with van der Waals surface area (Å²) in [6.45, 7) is 0. The van der Waals surface area contributed by atoms with Crippen molar-refractivity contribution in [1.29, 1.82) is 0 Å². The van der Waals surface area contributed by atoms with Crippen molar-refractivity contribution in [2.45, 2.75) is 0 Å². The van der Waals surface area contributed by atoms with Crippen LogP contribution in [0, 0.1) is 0 Å². The minimum absolute atomic E-state index is 0. The summed E-state index contributed by atoms with van der Waals surface area (Å²) in [4.78, 5) is 9.84. The molecule has 33 heavy (non-hydrogen) atoms. The molecule has 0 spiro atoms. The second kappa shape index (κ2) is 8.71. The molecule has 4 nitrogen and oxygen atoms in total. The minimum Gasteiger partial charge on any atom is -0.507 e. The molecule has 0 aliphatic carbocycles. The van der Waals surface area contributed by atoms with Crippen LogP contribution in [0.1, 0.15) is 0 Å². The number of aromatic nitrogens is 2. The van der Waals surface area contributed by atoms with Crippen molar-refractivity contribution in [2.75, 3.05) is 0 Å². The van der Waals surface area contributed by atoms with Gasteiger partial charge in [0.15, 0.2) is 10.0 Å². The molecule has 0 fully saturated rings. The Labute approximate surface area is 212 Å². The van der Waals surface area contributed by atoms with Crippen LogP contribution in [0.2, 0.25) is 0 Å². The topological polar surface area (TPSA) is 66.2 Å². The van der Waals surface area contributed by atoms with Crippen LogP contribution in [-0.4, -0.2) is 20.2 Å². The molecule has 7 heteroatoms. The average molecular weight is 648 g/mol. The third-order valence-electron chi connectivity index (χ3n) is 5.41. The molecule has 0 radical (unpaired) electrons. The van der Waals surface area contributed by atoms with Gasteiger partial charge >= 0.3 is 0 Å². The van der Waals surface area contributed by atoms with Gasteiger partial charge in [-0.15, -0.1) is 22.7 Å². The first-order valence-electron chi connectivity index (χ1n) is 10.1. The number of phenols is 2. The molecular weight excluding hydrogens is 632 g/mol. The fourth-order valence-electron chi connectivity index (χ4n) is 3.92. The number of thiazole rings is 2. The van der Waals surface area contributed by atoms with E-state index >= 15 is 0 Å². The second-order valence-electron chi connectivity index (χ2n) is 7.38. The van der Waals surface area contributed by atoms with Crippen molar-refractivity contribution in [3.8, 4) is 43.8 Å². The molecule has 4 aromatic carbocycles. The standard InChI is InChI=1S/C26H16N2O2S2.Pt/c29-19-11-3-1-7-15(19)17-9-5-13-21-23(17)27-25(31-21)26-28-24-18(10-6-14-22(24)32-26)16-8-2-4-12-20(16)30;/h1-14,29-30H;. The van der Waals surface area contributed by atoms with E-state index in [1.807, 2.05) is 72.8 Å². The number of hydrogen-bond donors (Lipinski definition) is 2. The van der Waals surface area contributed by atoms with Crippen molar-refractivity contribution < 1.29 is 31.3 Å². The number of phenolic OH excluding ortho intramolecular Hbond substituents is 2. The Hall–Kier alpha value is -3.05. The molecule has 6 rings (SSSR count). The summed E-state index contributed by atoms with van der Waals surface area (Å²) in [5.74, 6) is 0.476. The first-order valence-corrected chi connectivity index (χ1v) is 11.7. The van der Waals surface area contributed by atoms with E-state index in [1.165, 1.54) is 0 Å². The number of para-hydroxylation sites is 4. The van der Waals surface area contributed by atoms with Crippen LogP contribution in [0.25, 0.3) is 52.7 Å². The molecule has 6 aromatic rings. The fraction of sp³-hybridized carbons (Fsp3) is 0. The van der Waals surface area contributed by atoms with E-state index in [0.29, 0.717) is 0 Å². The van der Waals surface area contributed by atoms with Crippen molar-refractivity contribution >= 4 is 43.1 Å². The monoisotopic (exact) mass is 647 g/mol. The Balaban J connectivity index is 0.00000228. The molecule has 0 bridgehead atoms. The zero-order valence-electron chi connectivity index (χ0n) is 17.0. The zero-order chi connectivity index (χ0) is 21.7. The summed E-state index contributed by atoms with van der Waals surface area (Å²) in [6, 6.07) is 26.7. The van der Waals surface area contributed by atoms with E-state index in [0.717, 1.165) is 52.7 Å². The van der Waals surface area contributed by atoms with Gasteiger partial charge in [0.05, 0.1) is 20.4 Å². The van der Waals surface area contributed by atoms with Crippen molar-refractivity contribution in [3.63, 3.8) is 0 Å². The Kier molecular flexibility index (Phi) is 5.75. The van der Waals surface area contributed by atoms with E-state index in [1.54, 1.807) is 34.8 Å². The molecule has 0 amide bonds. The third-order valence-corrected chi connectivity index (χ3v) is 7.59. The molecular formula is C26H16N2O2PtS2. The van der Waals surface area contributed by atoms with Gasteiger partial charge in [-0.3, -0.25) is 0 Å². The Morgan fingerprint density at radius 2 is 0.879 bits per heavy atom. The number of hydrogen-bond acceptors (Lipinski definition) is 6. The number of fused-ring (bicyclic) bond motifs is 2. The van der Waals surface area contributed by atoms with Crippen LogP contribution in [0.3, 0.4) is 0 Å². The van der Waals surface area contributed by atoms with Gasteiger partial charge in [-0.05, 0) is 24.3 Å². The maximum absolute atomic E-state index is 10.3. The normalized spacial score (nSPS) is 11.0. The molecule has 0 saturated heterocycles. The Bertz CT molecular complexity index is 1500. The van der Waals surface area contributed by atoms with Gasteiger partial charge in [0, 0.05) is 43.3 Å². The van der Waals surface area contributed by atoms with Gasteiger partial charge in [0.2, 0.25) is 0 Å². The Morgan fingerprint density at radius 1 is 0.485 bits per heavy atom. The Morgan fingerprint density at radius 3 is 1.30 bits per heavy atom. The molecule has 0 atom stereocenters. The van der Waals surface area contributed by atoms with E-state index in [9.17, 15) is 10.2 Å². The maximum Gasteiger partial charge on any atom is 0.153 e. The van der Waals surface area contributed by atoms with Gasteiger partial charge in [-0.2, -0.15) is 0 Å².